The zero-order chi connectivity index (χ0) is 25.8. The van der Waals surface area contributed by atoms with Gasteiger partial charge in [0.2, 0.25) is 0 Å². The largest absolute Gasteiger partial charge is 0.494 e. The van der Waals surface area contributed by atoms with Crippen molar-refractivity contribution in [2.24, 2.45) is 0 Å². The monoisotopic (exact) mass is 491 g/mol. The summed E-state index contributed by atoms with van der Waals surface area (Å²) in [6.07, 6.45) is 6.06. The predicted octanol–water partition coefficient (Wildman–Crippen LogP) is 3.64. The Kier molecular flexibility index (Phi) is 5.91. The summed E-state index contributed by atoms with van der Waals surface area (Å²) in [6.45, 7) is 12.4. The number of aromatic nitrogens is 4. The number of rotatable bonds is 4. The lowest BCUT2D eigenvalue weighted by molar-refractivity contribution is 0.0194. The van der Waals surface area contributed by atoms with E-state index in [-0.39, 0.29) is 18.2 Å². The van der Waals surface area contributed by atoms with Crippen molar-refractivity contribution in [3.8, 4) is 22.9 Å². The van der Waals surface area contributed by atoms with E-state index in [1.54, 1.807) is 17.8 Å². The first-order valence-corrected chi connectivity index (χ1v) is 12.3. The maximum atomic E-state index is 12.6. The van der Waals surface area contributed by atoms with Gasteiger partial charge in [-0.1, -0.05) is 0 Å². The highest BCUT2D eigenvalue weighted by atomic mass is 16.6. The van der Waals surface area contributed by atoms with Crippen LogP contribution < -0.4 is 4.74 Å². The fraction of sp³-hybridized carbons (Fsp3) is 0.538. The summed E-state index contributed by atoms with van der Waals surface area (Å²) in [4.78, 5) is 16.9. The number of hydrogen-bond acceptors (Lipinski definition) is 7. The van der Waals surface area contributed by atoms with Crippen LogP contribution in [0.2, 0.25) is 0 Å². The molecule has 5 heterocycles. The maximum absolute atomic E-state index is 12.6. The van der Waals surface area contributed by atoms with Crippen molar-refractivity contribution < 1.29 is 14.3 Å². The molecule has 0 unspecified atom stereocenters. The minimum Gasteiger partial charge on any atom is -0.494 e. The molecule has 0 bridgehead atoms. The van der Waals surface area contributed by atoms with Gasteiger partial charge in [-0.3, -0.25) is 9.58 Å². The van der Waals surface area contributed by atoms with Crippen LogP contribution in [0.4, 0.5) is 4.79 Å². The second-order valence-corrected chi connectivity index (χ2v) is 10.8. The van der Waals surface area contributed by atoms with Crippen LogP contribution in [0.1, 0.15) is 51.4 Å². The third-order valence-corrected chi connectivity index (χ3v) is 7.21. The molecular weight excluding hydrogens is 458 g/mol. The third-order valence-electron chi connectivity index (χ3n) is 7.21. The van der Waals surface area contributed by atoms with Crippen molar-refractivity contribution in [1.82, 2.24) is 29.2 Å². The second kappa shape index (κ2) is 8.82. The van der Waals surface area contributed by atoms with E-state index < -0.39 is 5.60 Å². The number of likely N-dealkylation sites (tertiary alicyclic amines) is 2. The molecule has 1 amide bonds. The van der Waals surface area contributed by atoms with Gasteiger partial charge >= 0.3 is 6.09 Å². The first-order valence-electron chi connectivity index (χ1n) is 12.3. The van der Waals surface area contributed by atoms with Crippen molar-refractivity contribution in [2.75, 3.05) is 26.7 Å². The van der Waals surface area contributed by atoms with Crippen LogP contribution in [0.25, 0.3) is 16.6 Å². The smallest absolute Gasteiger partial charge is 0.410 e. The van der Waals surface area contributed by atoms with Gasteiger partial charge in [0.15, 0.2) is 0 Å². The van der Waals surface area contributed by atoms with Crippen molar-refractivity contribution in [1.29, 1.82) is 5.26 Å². The highest BCUT2D eigenvalue weighted by Crippen LogP contribution is 2.35. The van der Waals surface area contributed by atoms with E-state index in [9.17, 15) is 10.1 Å². The number of amides is 1. The van der Waals surface area contributed by atoms with E-state index in [1.807, 2.05) is 44.1 Å². The molecule has 2 atom stereocenters. The van der Waals surface area contributed by atoms with Crippen molar-refractivity contribution in [2.45, 2.75) is 64.8 Å². The van der Waals surface area contributed by atoms with E-state index in [1.165, 1.54) is 0 Å². The maximum Gasteiger partial charge on any atom is 0.410 e. The molecule has 0 spiro atoms. The Morgan fingerprint density at radius 1 is 1.17 bits per heavy atom. The van der Waals surface area contributed by atoms with E-state index in [0.29, 0.717) is 29.4 Å². The van der Waals surface area contributed by atoms with Gasteiger partial charge in [0.1, 0.15) is 28.5 Å². The Labute approximate surface area is 211 Å². The molecule has 0 aliphatic carbocycles. The van der Waals surface area contributed by atoms with Crippen LogP contribution in [0.5, 0.6) is 5.75 Å². The summed E-state index contributed by atoms with van der Waals surface area (Å²) in [7, 11) is 1.60. The number of nitriles is 1. The van der Waals surface area contributed by atoms with Crippen molar-refractivity contribution in [3.05, 3.63) is 35.9 Å². The number of ether oxygens (including phenoxy) is 2. The molecule has 0 saturated carbocycles. The van der Waals surface area contributed by atoms with Crippen LogP contribution in [-0.4, -0.2) is 79.7 Å². The van der Waals surface area contributed by atoms with Crippen LogP contribution in [0.3, 0.4) is 0 Å². The van der Waals surface area contributed by atoms with Crippen LogP contribution in [-0.2, 0) is 4.74 Å². The number of carbonyl (C=O) groups is 1. The van der Waals surface area contributed by atoms with E-state index >= 15 is 0 Å². The minimum atomic E-state index is -0.490. The van der Waals surface area contributed by atoms with Gasteiger partial charge in [-0.2, -0.15) is 15.5 Å². The minimum absolute atomic E-state index is 0.163. The molecule has 2 saturated heterocycles. The fourth-order valence-corrected chi connectivity index (χ4v) is 5.33. The Bertz CT molecular complexity index is 1340. The first-order chi connectivity index (χ1) is 17.1. The predicted molar refractivity (Wildman–Crippen MR) is 134 cm³/mol. The number of methoxy groups -OCH3 is 1. The number of hydrogen-bond donors (Lipinski definition) is 0. The summed E-state index contributed by atoms with van der Waals surface area (Å²) in [5.74, 6) is 0.605. The van der Waals surface area contributed by atoms with Gasteiger partial charge < -0.3 is 14.4 Å². The Morgan fingerprint density at radius 3 is 2.58 bits per heavy atom. The topological polar surface area (TPSA) is 101 Å². The zero-order valence-corrected chi connectivity index (χ0v) is 21.7. The lowest BCUT2D eigenvalue weighted by atomic mass is 10.0. The average Bonchev–Trinajstić information content (AvgIpc) is 3.48. The normalized spacial score (nSPS) is 21.0. The van der Waals surface area contributed by atoms with Crippen LogP contribution in [0, 0.1) is 18.3 Å². The molecule has 0 radical (unpaired) electrons. The first kappa shape index (κ1) is 24.1. The molecule has 190 valence electrons. The molecule has 3 aromatic rings. The SMILES string of the molecule is COc1cc(-c2cnn(C3CN([C@@H]4C[C@@H](C)N(C(=O)OC(C)(C)C)C4)C3)c2C)cn2ncc(C#N)c12. The molecule has 2 aliphatic rings. The number of fused-ring (bicyclic) bond motifs is 1. The number of nitrogens with zero attached hydrogens (tertiary/aromatic N) is 7. The Morgan fingerprint density at radius 2 is 1.92 bits per heavy atom. The quantitative estimate of drug-likeness (QED) is 0.549. The summed E-state index contributed by atoms with van der Waals surface area (Å²) in [6, 6.07) is 4.88. The van der Waals surface area contributed by atoms with Gasteiger partial charge in [0, 0.05) is 54.7 Å². The Balaban J connectivity index is 1.28. The Hall–Kier alpha value is -3.58. The van der Waals surface area contributed by atoms with Crippen molar-refractivity contribution in [3.63, 3.8) is 0 Å². The van der Waals surface area contributed by atoms with Gasteiger partial charge in [-0.15, -0.1) is 0 Å². The molecule has 2 fully saturated rings. The summed E-state index contributed by atoms with van der Waals surface area (Å²) in [5, 5.41) is 18.4. The molecule has 10 nitrogen and oxygen atoms in total. The summed E-state index contributed by atoms with van der Waals surface area (Å²) < 4.78 is 14.9. The highest BCUT2D eigenvalue weighted by Gasteiger charge is 2.42. The van der Waals surface area contributed by atoms with Gasteiger partial charge in [0.05, 0.1) is 25.5 Å². The molecule has 0 aromatic carbocycles. The van der Waals surface area contributed by atoms with Gasteiger partial charge in [-0.25, -0.2) is 9.31 Å². The van der Waals surface area contributed by atoms with Gasteiger partial charge in [0.25, 0.3) is 0 Å². The lowest BCUT2D eigenvalue weighted by Crippen LogP contribution is -2.54. The molecule has 3 aromatic heterocycles. The van der Waals surface area contributed by atoms with Gasteiger partial charge in [-0.05, 0) is 47.1 Å². The number of carbonyl (C=O) groups excluding carboxylic acids is 1. The van der Waals surface area contributed by atoms with E-state index in [4.69, 9.17) is 14.6 Å². The molecule has 5 rings (SSSR count). The molecule has 36 heavy (non-hydrogen) atoms. The van der Waals surface area contributed by atoms with Crippen LogP contribution >= 0.6 is 0 Å². The number of pyridine rings is 1. The fourth-order valence-electron chi connectivity index (χ4n) is 5.33. The summed E-state index contributed by atoms with van der Waals surface area (Å²) >= 11 is 0. The molecular formula is C26H33N7O3. The highest BCUT2D eigenvalue weighted by molar-refractivity contribution is 5.76. The molecule has 0 N–H and O–H groups in total. The summed E-state index contributed by atoms with van der Waals surface area (Å²) in [5.41, 5.74) is 3.67. The lowest BCUT2D eigenvalue weighted by Gasteiger charge is -2.43. The second-order valence-electron chi connectivity index (χ2n) is 10.8. The van der Waals surface area contributed by atoms with E-state index in [0.717, 1.165) is 36.3 Å². The van der Waals surface area contributed by atoms with Crippen molar-refractivity contribution >= 4 is 11.6 Å². The molecule has 2 aliphatic heterocycles. The molecule has 10 heteroatoms. The van der Waals surface area contributed by atoms with E-state index in [2.05, 4.69) is 34.6 Å². The third kappa shape index (κ3) is 4.17. The van der Waals surface area contributed by atoms with Crippen LogP contribution in [0.15, 0.2) is 24.7 Å². The average molecular weight is 492 g/mol. The zero-order valence-electron chi connectivity index (χ0n) is 21.7. The standard InChI is InChI=1S/C26H33N7O3/c1-16-7-20(15-31(16)25(34)36-26(3,4)5)30-13-21(14-30)33-17(2)22(11-29-33)18-8-23(35-6)24-19(9-27)10-28-32(24)12-18/h8,10-12,16,20-21H,7,13-15H2,1-6H3/t16-,20-/m1/s1.